The predicted octanol–water partition coefficient (Wildman–Crippen LogP) is 4.89. The van der Waals surface area contributed by atoms with Crippen molar-refractivity contribution in [2.75, 3.05) is 6.61 Å². The minimum absolute atomic E-state index is 0.174. The molecule has 0 fully saturated rings. The maximum atomic E-state index is 12.0. The molecule has 1 amide bonds. The number of aromatic amines is 1. The van der Waals surface area contributed by atoms with Crippen molar-refractivity contribution in [1.29, 1.82) is 0 Å². The van der Waals surface area contributed by atoms with Crippen LogP contribution < -0.4 is 10.2 Å². The van der Waals surface area contributed by atoms with Gasteiger partial charge in [-0.15, -0.1) is 0 Å². The number of hydrazone groups is 1. The van der Waals surface area contributed by atoms with Gasteiger partial charge in [-0.3, -0.25) is 9.89 Å². The van der Waals surface area contributed by atoms with Crippen LogP contribution in [-0.4, -0.2) is 28.9 Å². The highest BCUT2D eigenvalue weighted by Crippen LogP contribution is 2.36. The van der Waals surface area contributed by atoms with Gasteiger partial charge in [0.05, 0.1) is 27.1 Å². The summed E-state index contributed by atoms with van der Waals surface area (Å²) in [5, 5.41) is 10.9. The van der Waals surface area contributed by atoms with Gasteiger partial charge in [0.25, 0.3) is 5.91 Å². The molecule has 0 aliphatic carbocycles. The molecule has 0 aliphatic rings. The molecular weight excluding hydrogens is 544 g/mol. The Kier molecular flexibility index (Phi) is 6.81. The lowest BCUT2D eigenvalue weighted by molar-refractivity contribution is -0.123. The quantitative estimate of drug-likeness (QED) is 0.335. The standard InChI is InChI=1S/C18H13Br3N4O2/c19-13-6-14(20)18(15(21)7-13)27-10-16(26)24-22-8-12-9-23-25-17(12)11-4-2-1-3-5-11/h1-9H,10H2,(H,23,25)(H,24,26)/b22-8-. The molecule has 0 aliphatic heterocycles. The number of ether oxygens (including phenoxy) is 1. The normalized spacial score (nSPS) is 10.9. The number of nitrogens with zero attached hydrogens (tertiary/aromatic N) is 2. The highest BCUT2D eigenvalue weighted by molar-refractivity contribution is 9.11. The van der Waals surface area contributed by atoms with Crippen molar-refractivity contribution in [3.05, 3.63) is 67.6 Å². The van der Waals surface area contributed by atoms with Crippen LogP contribution in [0.2, 0.25) is 0 Å². The molecular formula is C18H13Br3N4O2. The molecule has 0 spiro atoms. The summed E-state index contributed by atoms with van der Waals surface area (Å²) in [5.41, 5.74) is 5.02. The first-order chi connectivity index (χ1) is 13.0. The second-order valence-corrected chi connectivity index (χ2v) is 7.97. The molecule has 1 aromatic heterocycles. The largest absolute Gasteiger partial charge is 0.481 e. The minimum Gasteiger partial charge on any atom is -0.481 e. The fourth-order valence-electron chi connectivity index (χ4n) is 2.24. The van der Waals surface area contributed by atoms with Crippen LogP contribution >= 0.6 is 47.8 Å². The van der Waals surface area contributed by atoms with E-state index in [-0.39, 0.29) is 12.5 Å². The van der Waals surface area contributed by atoms with Crippen LogP contribution in [0.25, 0.3) is 11.3 Å². The molecule has 0 unspecified atom stereocenters. The van der Waals surface area contributed by atoms with Gasteiger partial charge >= 0.3 is 0 Å². The first-order valence-corrected chi connectivity index (χ1v) is 10.1. The number of carbonyl (C=O) groups is 1. The second kappa shape index (κ2) is 9.29. The number of hydrogen-bond acceptors (Lipinski definition) is 4. The molecule has 9 heteroatoms. The molecule has 2 aromatic carbocycles. The van der Waals surface area contributed by atoms with Gasteiger partial charge in [0.15, 0.2) is 6.61 Å². The maximum Gasteiger partial charge on any atom is 0.277 e. The van der Waals surface area contributed by atoms with Gasteiger partial charge in [0.2, 0.25) is 0 Å². The minimum atomic E-state index is -0.377. The van der Waals surface area contributed by atoms with Crippen molar-refractivity contribution in [2.45, 2.75) is 0 Å². The Morgan fingerprint density at radius 3 is 2.59 bits per heavy atom. The van der Waals surface area contributed by atoms with Gasteiger partial charge in [-0.2, -0.15) is 10.2 Å². The molecule has 0 saturated carbocycles. The molecule has 0 atom stereocenters. The Balaban J connectivity index is 1.58. The highest BCUT2D eigenvalue weighted by Gasteiger charge is 2.10. The van der Waals surface area contributed by atoms with Crippen LogP contribution in [0.1, 0.15) is 5.56 Å². The van der Waals surface area contributed by atoms with E-state index in [1.807, 2.05) is 42.5 Å². The monoisotopic (exact) mass is 554 g/mol. The summed E-state index contributed by atoms with van der Waals surface area (Å²) in [6, 6.07) is 13.4. The number of carbonyl (C=O) groups excluding carboxylic acids is 1. The zero-order valence-electron chi connectivity index (χ0n) is 13.7. The van der Waals surface area contributed by atoms with Gasteiger partial charge in [0.1, 0.15) is 5.75 Å². The van der Waals surface area contributed by atoms with Crippen LogP contribution in [0.4, 0.5) is 0 Å². The van der Waals surface area contributed by atoms with E-state index < -0.39 is 0 Å². The molecule has 0 saturated heterocycles. The summed E-state index contributed by atoms with van der Waals surface area (Å²) in [6.07, 6.45) is 3.18. The van der Waals surface area contributed by atoms with Gasteiger partial charge < -0.3 is 4.74 Å². The van der Waals surface area contributed by atoms with E-state index >= 15 is 0 Å². The molecule has 27 heavy (non-hydrogen) atoms. The van der Waals surface area contributed by atoms with Crippen LogP contribution in [0, 0.1) is 0 Å². The lowest BCUT2D eigenvalue weighted by atomic mass is 10.1. The Hall–Kier alpha value is -1.97. The van der Waals surface area contributed by atoms with Gasteiger partial charge in [0, 0.05) is 15.6 Å². The molecule has 1 heterocycles. The lowest BCUT2D eigenvalue weighted by Gasteiger charge is -2.09. The Morgan fingerprint density at radius 1 is 1.19 bits per heavy atom. The number of H-pyrrole nitrogens is 1. The molecule has 0 bridgehead atoms. The summed E-state index contributed by atoms with van der Waals surface area (Å²) in [6.45, 7) is -0.174. The fraction of sp³-hybridized carbons (Fsp3) is 0.0556. The molecule has 0 radical (unpaired) electrons. The topological polar surface area (TPSA) is 79.4 Å². The van der Waals surface area contributed by atoms with E-state index in [4.69, 9.17) is 4.74 Å². The molecule has 3 aromatic rings. The van der Waals surface area contributed by atoms with E-state index in [0.717, 1.165) is 30.2 Å². The summed E-state index contributed by atoms with van der Waals surface area (Å²) in [4.78, 5) is 12.0. The van der Waals surface area contributed by atoms with E-state index in [2.05, 4.69) is 68.5 Å². The number of amides is 1. The van der Waals surface area contributed by atoms with Gasteiger partial charge in [-0.05, 0) is 44.0 Å². The first-order valence-electron chi connectivity index (χ1n) is 7.72. The third kappa shape index (κ3) is 5.27. The molecule has 6 nitrogen and oxygen atoms in total. The van der Waals surface area contributed by atoms with Crippen LogP contribution in [0.3, 0.4) is 0 Å². The summed E-state index contributed by atoms with van der Waals surface area (Å²) >= 11 is 10.2. The van der Waals surface area contributed by atoms with Crippen molar-refractivity contribution < 1.29 is 9.53 Å². The number of halogens is 3. The van der Waals surface area contributed by atoms with E-state index in [0.29, 0.717) is 5.75 Å². The SMILES string of the molecule is O=C(COc1c(Br)cc(Br)cc1Br)N/N=C\c1cn[nH]c1-c1ccccc1. The zero-order valence-corrected chi connectivity index (χ0v) is 18.5. The van der Waals surface area contributed by atoms with E-state index in [9.17, 15) is 4.79 Å². The summed E-state index contributed by atoms with van der Waals surface area (Å²) in [5.74, 6) is 0.163. The third-order valence-electron chi connectivity index (χ3n) is 3.43. The van der Waals surface area contributed by atoms with Crippen molar-refractivity contribution in [3.8, 4) is 17.0 Å². The van der Waals surface area contributed by atoms with Gasteiger partial charge in [-0.25, -0.2) is 5.43 Å². The second-order valence-electron chi connectivity index (χ2n) is 5.35. The average molecular weight is 557 g/mol. The Morgan fingerprint density at radius 2 is 1.89 bits per heavy atom. The fourth-order valence-corrected chi connectivity index (χ4v) is 4.73. The van der Waals surface area contributed by atoms with Crippen LogP contribution in [0.5, 0.6) is 5.75 Å². The third-order valence-corrected chi connectivity index (χ3v) is 5.07. The van der Waals surface area contributed by atoms with E-state index in [1.54, 1.807) is 6.20 Å². The molecule has 138 valence electrons. The number of rotatable bonds is 6. The summed E-state index contributed by atoms with van der Waals surface area (Å²) < 4.78 is 7.89. The highest BCUT2D eigenvalue weighted by atomic mass is 79.9. The van der Waals surface area contributed by atoms with E-state index in [1.165, 1.54) is 6.21 Å². The predicted molar refractivity (Wildman–Crippen MR) is 115 cm³/mol. The average Bonchev–Trinajstić information content (AvgIpc) is 3.10. The maximum absolute atomic E-state index is 12.0. The van der Waals surface area contributed by atoms with Crippen LogP contribution in [0.15, 0.2) is 67.2 Å². The lowest BCUT2D eigenvalue weighted by Crippen LogP contribution is -2.24. The molecule has 3 rings (SSSR count). The zero-order chi connectivity index (χ0) is 19.2. The van der Waals surface area contributed by atoms with Crippen LogP contribution in [-0.2, 0) is 4.79 Å². The number of hydrogen-bond donors (Lipinski definition) is 2. The number of aromatic nitrogens is 2. The summed E-state index contributed by atoms with van der Waals surface area (Å²) in [7, 11) is 0. The smallest absolute Gasteiger partial charge is 0.277 e. The van der Waals surface area contributed by atoms with Crippen molar-refractivity contribution in [2.24, 2.45) is 5.10 Å². The van der Waals surface area contributed by atoms with Crippen molar-refractivity contribution in [3.63, 3.8) is 0 Å². The number of benzene rings is 2. The Labute approximate surface area is 180 Å². The Bertz CT molecular complexity index is 951. The van der Waals surface area contributed by atoms with Crippen molar-refractivity contribution >= 4 is 59.9 Å². The number of nitrogens with one attached hydrogen (secondary N) is 2. The van der Waals surface area contributed by atoms with Crippen molar-refractivity contribution in [1.82, 2.24) is 15.6 Å². The first kappa shape index (κ1) is 19.8. The van der Waals surface area contributed by atoms with Gasteiger partial charge in [-0.1, -0.05) is 46.3 Å². The molecule has 2 N–H and O–H groups in total.